The van der Waals surface area contributed by atoms with Gasteiger partial charge in [-0.25, -0.2) is 4.39 Å². The Bertz CT molecular complexity index is 70.3. The maximum absolute atomic E-state index is 11.8. The minimum absolute atomic E-state index is 0.700. The van der Waals surface area contributed by atoms with Crippen molar-refractivity contribution < 1.29 is 13.2 Å². The van der Waals surface area contributed by atoms with E-state index in [4.69, 9.17) is 0 Å². The van der Waals surface area contributed by atoms with Crippen LogP contribution in [0.3, 0.4) is 0 Å². The van der Waals surface area contributed by atoms with Crippen LogP contribution in [0.4, 0.5) is 13.2 Å². The van der Waals surface area contributed by atoms with Gasteiger partial charge in [-0.05, 0) is 34.2 Å². The van der Waals surface area contributed by atoms with Crippen molar-refractivity contribution in [3.8, 4) is 0 Å². The summed E-state index contributed by atoms with van der Waals surface area (Å²) in [5, 5.41) is -4.00. The zero-order chi connectivity index (χ0) is 7.00. The van der Waals surface area contributed by atoms with Gasteiger partial charge in [0.2, 0.25) is 0 Å². The van der Waals surface area contributed by atoms with Gasteiger partial charge in [0.25, 0.3) is 0 Å². The Kier molecular flexibility index (Phi) is 2.71. The minimum atomic E-state index is -4.00. The molecule has 0 aliphatic rings. The summed E-state index contributed by atoms with van der Waals surface area (Å²) in [6, 6.07) is 0. The summed E-state index contributed by atoms with van der Waals surface area (Å²) in [7, 11) is 0. The number of hydrogen-bond donors (Lipinski definition) is 0. The molecule has 1 unspecified atom stereocenters. The second-order valence-corrected chi connectivity index (χ2v) is 4.12. The average molecular weight is 279 g/mol. The first-order chi connectivity index (χ1) is 3.25. The van der Waals surface area contributed by atoms with Crippen molar-refractivity contribution in [2.75, 3.05) is 0 Å². The zero-order valence-electron chi connectivity index (χ0n) is 3.27. The summed E-state index contributed by atoms with van der Waals surface area (Å²) in [4.78, 5) is 0. The van der Waals surface area contributed by atoms with Gasteiger partial charge in [-0.15, -0.1) is 0 Å². The molecule has 0 aliphatic heterocycles. The minimum Gasteiger partial charge on any atom is -0.206 e. The SMILES string of the molecule is FC(F)(Cl)C(F)(Cl)I. The smallest absolute Gasteiger partial charge is 0.206 e. The van der Waals surface area contributed by atoms with Gasteiger partial charge in [-0.3, -0.25) is 0 Å². The highest BCUT2D eigenvalue weighted by Gasteiger charge is 2.50. The van der Waals surface area contributed by atoms with Gasteiger partial charge in [-0.2, -0.15) is 8.78 Å². The highest BCUT2D eigenvalue weighted by molar-refractivity contribution is 14.1. The molecule has 8 heavy (non-hydrogen) atoms. The van der Waals surface area contributed by atoms with E-state index < -0.39 is 8.52 Å². The van der Waals surface area contributed by atoms with Gasteiger partial charge in [0.05, 0.1) is 0 Å². The van der Waals surface area contributed by atoms with Gasteiger partial charge >= 0.3 is 8.52 Å². The molecule has 0 aromatic carbocycles. The van der Waals surface area contributed by atoms with E-state index in [1.54, 1.807) is 0 Å². The van der Waals surface area contributed by atoms with Gasteiger partial charge in [0.1, 0.15) is 0 Å². The Morgan fingerprint density at radius 1 is 1.12 bits per heavy atom. The van der Waals surface area contributed by atoms with Gasteiger partial charge in [0, 0.05) is 0 Å². The molecule has 0 aliphatic carbocycles. The van der Waals surface area contributed by atoms with Crippen molar-refractivity contribution in [1.82, 2.24) is 0 Å². The van der Waals surface area contributed by atoms with Gasteiger partial charge < -0.3 is 0 Å². The molecule has 50 valence electrons. The van der Waals surface area contributed by atoms with Crippen LogP contribution < -0.4 is 0 Å². The van der Waals surface area contributed by atoms with Crippen LogP contribution >= 0.6 is 45.8 Å². The third kappa shape index (κ3) is 2.59. The van der Waals surface area contributed by atoms with Crippen LogP contribution in [0.2, 0.25) is 0 Å². The molecule has 1 atom stereocenters. The van der Waals surface area contributed by atoms with Crippen LogP contribution in [0, 0.1) is 0 Å². The van der Waals surface area contributed by atoms with Crippen LogP contribution in [0.5, 0.6) is 0 Å². The number of rotatable bonds is 1. The molecule has 0 spiro atoms. The van der Waals surface area contributed by atoms with Crippen LogP contribution in [-0.2, 0) is 0 Å². The summed E-state index contributed by atoms with van der Waals surface area (Å²) < 4.78 is 31.5. The topological polar surface area (TPSA) is 0 Å². The number of alkyl halides is 6. The van der Waals surface area contributed by atoms with Gasteiger partial charge in [0.15, 0.2) is 0 Å². The van der Waals surface area contributed by atoms with Crippen molar-refractivity contribution in [2.24, 2.45) is 0 Å². The van der Waals surface area contributed by atoms with E-state index >= 15 is 0 Å². The zero-order valence-corrected chi connectivity index (χ0v) is 6.94. The second kappa shape index (κ2) is 2.38. The molecule has 0 rings (SSSR count). The summed E-state index contributed by atoms with van der Waals surface area (Å²) in [5.74, 6) is 0. The molecule has 0 saturated carbocycles. The molecule has 0 radical (unpaired) electrons. The van der Waals surface area contributed by atoms with E-state index in [2.05, 4.69) is 23.2 Å². The van der Waals surface area contributed by atoms with Crippen LogP contribution in [0.15, 0.2) is 0 Å². The molecular formula is C2Cl2F3I. The molecule has 0 N–H and O–H groups in total. The lowest BCUT2D eigenvalue weighted by atomic mass is 10.8. The van der Waals surface area contributed by atoms with E-state index in [0.717, 1.165) is 0 Å². The summed E-state index contributed by atoms with van der Waals surface area (Å²) in [5.41, 5.74) is 0. The first-order valence-electron chi connectivity index (χ1n) is 1.38. The van der Waals surface area contributed by atoms with Crippen molar-refractivity contribution >= 4 is 45.8 Å². The lowest BCUT2D eigenvalue weighted by molar-refractivity contribution is 0.0367. The monoisotopic (exact) mass is 278 g/mol. The second-order valence-electron chi connectivity index (χ2n) is 0.996. The largest absolute Gasteiger partial charge is 0.378 e. The molecule has 0 nitrogen and oxygen atoms in total. The normalized spacial score (nSPS) is 20.2. The maximum atomic E-state index is 11.8. The Hall–Kier alpha value is 1.10. The fourth-order valence-electron chi connectivity index (χ4n) is 0. The lowest BCUT2D eigenvalue weighted by Crippen LogP contribution is -2.26. The molecule has 0 aromatic rings. The first-order valence-corrected chi connectivity index (χ1v) is 3.22. The Balaban J connectivity index is 4.02. The van der Waals surface area contributed by atoms with Crippen molar-refractivity contribution in [3.05, 3.63) is 0 Å². The Morgan fingerprint density at radius 3 is 1.25 bits per heavy atom. The summed E-state index contributed by atoms with van der Waals surface area (Å²) >= 11 is 9.31. The van der Waals surface area contributed by atoms with Crippen LogP contribution in [0.25, 0.3) is 0 Å². The van der Waals surface area contributed by atoms with Gasteiger partial charge in [-0.1, -0.05) is 11.6 Å². The maximum Gasteiger partial charge on any atom is 0.378 e. The third-order valence-corrected chi connectivity index (χ3v) is 1.91. The summed E-state index contributed by atoms with van der Waals surface area (Å²) in [6.07, 6.45) is 0. The van der Waals surface area contributed by atoms with Crippen LogP contribution in [-0.4, -0.2) is 8.52 Å². The third-order valence-electron chi connectivity index (χ3n) is 0.321. The fourth-order valence-corrected chi connectivity index (χ4v) is 0. The number of halogens is 6. The van der Waals surface area contributed by atoms with E-state index in [-0.39, 0.29) is 0 Å². The fraction of sp³-hybridized carbons (Fsp3) is 1.00. The van der Waals surface area contributed by atoms with Crippen molar-refractivity contribution in [2.45, 2.75) is 8.52 Å². The van der Waals surface area contributed by atoms with Crippen LogP contribution in [0.1, 0.15) is 0 Å². The van der Waals surface area contributed by atoms with E-state index in [9.17, 15) is 13.2 Å². The molecule has 0 saturated heterocycles. The predicted molar refractivity (Wildman–Crippen MR) is 34.5 cm³/mol. The lowest BCUT2D eigenvalue weighted by Gasteiger charge is -2.14. The molecular weight excluding hydrogens is 279 g/mol. The first kappa shape index (κ1) is 9.10. The Morgan fingerprint density at radius 2 is 1.25 bits per heavy atom. The van der Waals surface area contributed by atoms with E-state index in [1.807, 2.05) is 0 Å². The molecule has 0 fully saturated rings. The highest BCUT2D eigenvalue weighted by atomic mass is 127. The standard InChI is InChI=1S/C2Cl2F3I/c3-1(5,6)2(4,7)8. The molecule has 0 bridgehead atoms. The molecule has 0 heterocycles. The quantitative estimate of drug-likeness (QED) is 0.511. The molecule has 0 aromatic heterocycles. The van der Waals surface area contributed by atoms with E-state index in [1.165, 1.54) is 0 Å². The van der Waals surface area contributed by atoms with Crippen molar-refractivity contribution in [3.63, 3.8) is 0 Å². The van der Waals surface area contributed by atoms with E-state index in [0.29, 0.717) is 22.6 Å². The molecule has 6 heteroatoms. The highest BCUT2D eigenvalue weighted by Crippen LogP contribution is 2.44. The average Bonchev–Trinajstić information content (AvgIpc) is 1.25. The predicted octanol–water partition coefficient (Wildman–Crippen LogP) is 3.12. The Labute approximate surface area is 67.5 Å². The number of hydrogen-bond acceptors (Lipinski definition) is 0. The summed E-state index contributed by atoms with van der Waals surface area (Å²) in [6.45, 7) is 0. The van der Waals surface area contributed by atoms with Crippen molar-refractivity contribution in [1.29, 1.82) is 0 Å². The molecule has 0 amide bonds.